The van der Waals surface area contributed by atoms with Gasteiger partial charge in [-0.3, -0.25) is 14.7 Å². The topological polar surface area (TPSA) is 75.7 Å². The van der Waals surface area contributed by atoms with Crippen molar-refractivity contribution in [1.82, 2.24) is 15.2 Å². The Morgan fingerprint density at radius 3 is 2.89 bits per heavy atom. The molecule has 27 heavy (non-hydrogen) atoms. The summed E-state index contributed by atoms with van der Waals surface area (Å²) in [6, 6.07) is 7.04. The van der Waals surface area contributed by atoms with Gasteiger partial charge >= 0.3 is 0 Å². The fraction of sp³-hybridized carbons (Fsp3) is 0.368. The third kappa shape index (κ3) is 5.56. The average Bonchev–Trinajstić information content (AvgIpc) is 2.69. The number of carbonyl (C=O) groups is 1. The van der Waals surface area contributed by atoms with Gasteiger partial charge in [-0.1, -0.05) is 11.6 Å². The zero-order valence-corrected chi connectivity index (χ0v) is 16.0. The van der Waals surface area contributed by atoms with Crippen LogP contribution in [0, 0.1) is 0 Å². The van der Waals surface area contributed by atoms with Gasteiger partial charge in [0.05, 0.1) is 43.5 Å². The van der Waals surface area contributed by atoms with Crippen molar-refractivity contribution in [2.45, 2.75) is 0 Å². The van der Waals surface area contributed by atoms with Crippen molar-refractivity contribution in [2.24, 2.45) is 0 Å². The van der Waals surface area contributed by atoms with E-state index in [4.69, 9.17) is 21.1 Å². The van der Waals surface area contributed by atoms with Crippen molar-refractivity contribution < 1.29 is 14.3 Å². The van der Waals surface area contributed by atoms with E-state index in [0.717, 1.165) is 32.8 Å². The van der Waals surface area contributed by atoms with Crippen LogP contribution in [0.4, 0.5) is 11.4 Å². The Morgan fingerprint density at radius 1 is 1.30 bits per heavy atom. The van der Waals surface area contributed by atoms with Gasteiger partial charge in [0.1, 0.15) is 5.75 Å². The van der Waals surface area contributed by atoms with Gasteiger partial charge in [-0.05, 0) is 24.3 Å². The highest BCUT2D eigenvalue weighted by Gasteiger charge is 2.12. The fourth-order valence-corrected chi connectivity index (χ4v) is 2.99. The summed E-state index contributed by atoms with van der Waals surface area (Å²) in [4.78, 5) is 18.8. The zero-order valence-electron chi connectivity index (χ0n) is 15.2. The molecular formula is C19H23ClN4O3. The van der Waals surface area contributed by atoms with Gasteiger partial charge in [0.15, 0.2) is 0 Å². The second-order valence-electron chi connectivity index (χ2n) is 6.14. The lowest BCUT2D eigenvalue weighted by Crippen LogP contribution is -2.41. The molecule has 0 radical (unpaired) electrons. The zero-order chi connectivity index (χ0) is 19.1. The van der Waals surface area contributed by atoms with Gasteiger partial charge < -0.3 is 20.1 Å². The van der Waals surface area contributed by atoms with Crippen molar-refractivity contribution in [3.63, 3.8) is 0 Å². The second kappa shape index (κ2) is 9.55. The molecule has 0 bridgehead atoms. The predicted molar refractivity (Wildman–Crippen MR) is 105 cm³/mol. The Morgan fingerprint density at radius 2 is 2.11 bits per heavy atom. The van der Waals surface area contributed by atoms with E-state index in [2.05, 4.69) is 20.5 Å². The first-order valence-electron chi connectivity index (χ1n) is 8.79. The molecule has 2 aromatic rings. The van der Waals surface area contributed by atoms with Crippen molar-refractivity contribution in [1.29, 1.82) is 0 Å². The van der Waals surface area contributed by atoms with Crippen LogP contribution < -0.4 is 15.4 Å². The number of pyridine rings is 1. The van der Waals surface area contributed by atoms with Crippen LogP contribution in [0.25, 0.3) is 0 Å². The molecule has 1 aromatic carbocycles. The molecule has 0 atom stereocenters. The minimum atomic E-state index is -0.155. The number of amides is 1. The van der Waals surface area contributed by atoms with Gasteiger partial charge in [0.25, 0.3) is 5.91 Å². The van der Waals surface area contributed by atoms with Gasteiger partial charge in [0.2, 0.25) is 0 Å². The number of hydrogen-bond acceptors (Lipinski definition) is 6. The molecular weight excluding hydrogens is 368 g/mol. The summed E-state index contributed by atoms with van der Waals surface area (Å²) in [6.07, 6.45) is 3.19. The van der Waals surface area contributed by atoms with Gasteiger partial charge in [0, 0.05) is 37.4 Å². The molecule has 8 heteroatoms. The average molecular weight is 391 g/mol. The first-order valence-corrected chi connectivity index (χ1v) is 9.17. The Labute approximate surface area is 163 Å². The predicted octanol–water partition coefficient (Wildman–Crippen LogP) is 2.55. The first kappa shape index (κ1) is 19.4. The number of carbonyl (C=O) groups excluding carboxylic acids is 1. The Balaban J connectivity index is 1.59. The number of morpholine rings is 1. The number of aromatic nitrogens is 1. The molecule has 1 aliphatic rings. The molecule has 0 spiro atoms. The first-order chi connectivity index (χ1) is 13.2. The van der Waals surface area contributed by atoms with E-state index in [1.165, 1.54) is 0 Å². The molecule has 0 aliphatic carbocycles. The van der Waals surface area contributed by atoms with Crippen molar-refractivity contribution in [3.8, 4) is 5.75 Å². The highest BCUT2D eigenvalue weighted by atomic mass is 35.5. The molecule has 1 saturated heterocycles. The van der Waals surface area contributed by atoms with E-state index in [1.54, 1.807) is 43.8 Å². The van der Waals surface area contributed by atoms with Crippen LogP contribution in [-0.4, -0.2) is 62.3 Å². The Hall–Kier alpha value is -2.35. The second-order valence-corrected chi connectivity index (χ2v) is 6.58. The molecule has 7 nitrogen and oxygen atoms in total. The number of rotatable bonds is 7. The van der Waals surface area contributed by atoms with Crippen LogP contribution in [0.3, 0.4) is 0 Å². The normalized spacial score (nSPS) is 14.6. The molecule has 0 unspecified atom stereocenters. The highest BCUT2D eigenvalue weighted by molar-refractivity contribution is 6.31. The third-order valence-corrected chi connectivity index (χ3v) is 4.49. The van der Waals surface area contributed by atoms with Gasteiger partial charge in [-0.2, -0.15) is 0 Å². The fourth-order valence-electron chi connectivity index (χ4n) is 2.82. The Bertz CT molecular complexity index is 781. The summed E-state index contributed by atoms with van der Waals surface area (Å²) in [5, 5.41) is 6.71. The van der Waals surface area contributed by atoms with E-state index in [0.29, 0.717) is 34.3 Å². The standard InChI is InChI=1S/C19H23ClN4O3/c1-26-18-3-2-15(20)11-17(18)23-16-10-14(12-21-13-16)19(25)22-4-5-24-6-8-27-9-7-24/h2-3,10-13,23H,4-9H2,1H3,(H,22,25). The van der Waals surface area contributed by atoms with Crippen LogP contribution in [0.2, 0.25) is 5.02 Å². The maximum Gasteiger partial charge on any atom is 0.252 e. The third-order valence-electron chi connectivity index (χ3n) is 4.26. The van der Waals surface area contributed by atoms with E-state index >= 15 is 0 Å². The van der Waals surface area contributed by atoms with Crippen molar-refractivity contribution in [2.75, 3.05) is 51.8 Å². The SMILES string of the molecule is COc1ccc(Cl)cc1Nc1cncc(C(=O)NCCN2CCOCC2)c1. The molecule has 0 saturated carbocycles. The smallest absolute Gasteiger partial charge is 0.252 e. The number of ether oxygens (including phenoxy) is 2. The molecule has 1 amide bonds. The molecule has 3 rings (SSSR count). The van der Waals surface area contributed by atoms with Crippen LogP contribution in [-0.2, 0) is 4.74 Å². The number of hydrogen-bond donors (Lipinski definition) is 2. The molecule has 144 valence electrons. The number of anilines is 2. The molecule has 2 heterocycles. The maximum atomic E-state index is 12.4. The monoisotopic (exact) mass is 390 g/mol. The van der Waals surface area contributed by atoms with Crippen molar-refractivity contribution in [3.05, 3.63) is 47.2 Å². The van der Waals surface area contributed by atoms with E-state index < -0.39 is 0 Å². The number of nitrogens with zero attached hydrogens (tertiary/aromatic N) is 2. The van der Waals surface area contributed by atoms with Crippen LogP contribution in [0.5, 0.6) is 5.75 Å². The highest BCUT2D eigenvalue weighted by Crippen LogP contribution is 2.30. The summed E-state index contributed by atoms with van der Waals surface area (Å²) in [7, 11) is 1.59. The molecule has 2 N–H and O–H groups in total. The minimum Gasteiger partial charge on any atom is -0.495 e. The number of benzene rings is 1. The van der Waals surface area contributed by atoms with Gasteiger partial charge in [-0.25, -0.2) is 0 Å². The van der Waals surface area contributed by atoms with E-state index in [9.17, 15) is 4.79 Å². The number of nitrogens with one attached hydrogen (secondary N) is 2. The molecule has 1 aliphatic heterocycles. The van der Waals surface area contributed by atoms with Crippen molar-refractivity contribution >= 4 is 28.9 Å². The van der Waals surface area contributed by atoms with Crippen LogP contribution >= 0.6 is 11.6 Å². The summed E-state index contributed by atoms with van der Waals surface area (Å²) in [6.45, 7) is 4.69. The van der Waals surface area contributed by atoms with E-state index in [-0.39, 0.29) is 5.91 Å². The quantitative estimate of drug-likeness (QED) is 0.756. The molecule has 1 aromatic heterocycles. The Kier molecular flexibility index (Phi) is 6.86. The summed E-state index contributed by atoms with van der Waals surface area (Å²) in [5.41, 5.74) is 1.87. The molecule has 1 fully saturated rings. The number of halogens is 1. The summed E-state index contributed by atoms with van der Waals surface area (Å²) in [5.74, 6) is 0.497. The lowest BCUT2D eigenvalue weighted by Gasteiger charge is -2.26. The van der Waals surface area contributed by atoms with Crippen LogP contribution in [0.1, 0.15) is 10.4 Å². The number of methoxy groups -OCH3 is 1. The summed E-state index contributed by atoms with van der Waals surface area (Å²) < 4.78 is 10.6. The maximum absolute atomic E-state index is 12.4. The lowest BCUT2D eigenvalue weighted by molar-refractivity contribution is 0.0383. The largest absolute Gasteiger partial charge is 0.495 e. The van der Waals surface area contributed by atoms with Crippen LogP contribution in [0.15, 0.2) is 36.7 Å². The van der Waals surface area contributed by atoms with Gasteiger partial charge in [-0.15, -0.1) is 0 Å². The lowest BCUT2D eigenvalue weighted by atomic mass is 10.2. The minimum absolute atomic E-state index is 0.155. The summed E-state index contributed by atoms with van der Waals surface area (Å²) >= 11 is 6.06. The van der Waals surface area contributed by atoms with E-state index in [1.807, 2.05) is 0 Å².